The number of carbonyl (C=O) groups is 1. The van der Waals surface area contributed by atoms with Crippen molar-refractivity contribution in [2.24, 2.45) is 5.92 Å². The van der Waals surface area contributed by atoms with Gasteiger partial charge in [-0.3, -0.25) is 4.79 Å². The maximum atomic E-state index is 13.1. The third kappa shape index (κ3) is 4.44. The molecule has 2 aromatic carbocycles. The Morgan fingerprint density at radius 1 is 1.00 bits per heavy atom. The predicted octanol–water partition coefficient (Wildman–Crippen LogP) is 3.84. The number of carbonyl (C=O) groups excluding carboxylic acids is 1. The summed E-state index contributed by atoms with van der Waals surface area (Å²) in [6.45, 7) is 2.75. The van der Waals surface area contributed by atoms with Gasteiger partial charge in [0.15, 0.2) is 0 Å². The third-order valence-corrected chi connectivity index (χ3v) is 8.34. The van der Waals surface area contributed by atoms with E-state index in [1.165, 1.54) is 17.5 Å². The molecule has 0 radical (unpaired) electrons. The topological polar surface area (TPSA) is 66.5 Å². The number of hydrogen-bond donors (Lipinski definition) is 1. The average molecular weight is 427 g/mol. The van der Waals surface area contributed by atoms with Gasteiger partial charge in [-0.25, -0.2) is 8.42 Å². The molecule has 2 aromatic rings. The van der Waals surface area contributed by atoms with Gasteiger partial charge in [0.25, 0.3) is 0 Å². The second-order valence-corrected chi connectivity index (χ2v) is 10.4. The number of hydrogen-bond acceptors (Lipinski definition) is 3. The zero-order valence-corrected chi connectivity index (χ0v) is 18.3. The standard InChI is InChI=1S/C24H30N2O3S/c1-18(19-7-3-2-4-8-19)25-24(27)21-13-15-26(16-14-21)30(28,29)23-12-11-20-9-5-6-10-22(20)17-23/h2-4,7-8,11-12,17-18,21H,5-6,9-10,13-16H2,1H3,(H,25,27). The van der Waals surface area contributed by atoms with Crippen LogP contribution in [-0.4, -0.2) is 31.7 Å². The van der Waals surface area contributed by atoms with Gasteiger partial charge in [-0.2, -0.15) is 4.31 Å². The Morgan fingerprint density at radius 2 is 1.67 bits per heavy atom. The second kappa shape index (κ2) is 8.90. The van der Waals surface area contributed by atoms with Gasteiger partial charge in [0.2, 0.25) is 15.9 Å². The Labute approximate surface area is 179 Å². The highest BCUT2D eigenvalue weighted by Crippen LogP contribution is 2.28. The van der Waals surface area contributed by atoms with E-state index in [9.17, 15) is 13.2 Å². The zero-order chi connectivity index (χ0) is 21.1. The monoisotopic (exact) mass is 426 g/mol. The normalized spacial score (nSPS) is 19.1. The average Bonchev–Trinajstić information content (AvgIpc) is 2.79. The minimum atomic E-state index is -3.51. The van der Waals surface area contributed by atoms with Crippen LogP contribution in [0.4, 0.5) is 0 Å². The highest BCUT2D eigenvalue weighted by Gasteiger charge is 2.32. The van der Waals surface area contributed by atoms with Crippen molar-refractivity contribution in [2.75, 3.05) is 13.1 Å². The summed E-state index contributed by atoms with van der Waals surface area (Å²) in [7, 11) is -3.51. The van der Waals surface area contributed by atoms with Crippen molar-refractivity contribution >= 4 is 15.9 Å². The lowest BCUT2D eigenvalue weighted by Crippen LogP contribution is -2.43. The van der Waals surface area contributed by atoms with Crippen LogP contribution in [0.15, 0.2) is 53.4 Å². The van der Waals surface area contributed by atoms with Crippen molar-refractivity contribution in [3.63, 3.8) is 0 Å². The molecule has 1 saturated heterocycles. The molecule has 1 aliphatic heterocycles. The summed E-state index contributed by atoms with van der Waals surface area (Å²) in [4.78, 5) is 13.1. The minimum Gasteiger partial charge on any atom is -0.349 e. The SMILES string of the molecule is CC(NC(=O)C1CCN(S(=O)(=O)c2ccc3c(c2)CCCC3)CC1)c1ccccc1. The molecule has 0 spiro atoms. The molecule has 160 valence electrons. The van der Waals surface area contributed by atoms with Crippen molar-refractivity contribution < 1.29 is 13.2 Å². The molecule has 1 N–H and O–H groups in total. The number of piperidine rings is 1. The van der Waals surface area contributed by atoms with Gasteiger partial charge in [0.1, 0.15) is 0 Å². The van der Waals surface area contributed by atoms with Crippen molar-refractivity contribution in [3.05, 3.63) is 65.2 Å². The van der Waals surface area contributed by atoms with E-state index in [4.69, 9.17) is 0 Å². The zero-order valence-electron chi connectivity index (χ0n) is 17.5. The summed E-state index contributed by atoms with van der Waals surface area (Å²) in [5.74, 6) is -0.136. The molecule has 1 heterocycles. The van der Waals surface area contributed by atoms with Crippen molar-refractivity contribution in [3.8, 4) is 0 Å². The first-order valence-corrected chi connectivity index (χ1v) is 12.4. The second-order valence-electron chi connectivity index (χ2n) is 8.46. The van der Waals surface area contributed by atoms with Crippen LogP contribution in [0.1, 0.15) is 55.3 Å². The van der Waals surface area contributed by atoms with Crippen LogP contribution in [-0.2, 0) is 27.7 Å². The molecule has 1 atom stereocenters. The molecule has 0 aromatic heterocycles. The highest BCUT2D eigenvalue weighted by atomic mass is 32.2. The molecule has 1 fully saturated rings. The van der Waals surface area contributed by atoms with Gasteiger partial charge in [0.05, 0.1) is 10.9 Å². The first-order chi connectivity index (χ1) is 14.4. The quantitative estimate of drug-likeness (QED) is 0.790. The van der Waals surface area contributed by atoms with Gasteiger partial charge < -0.3 is 5.32 Å². The number of nitrogens with zero attached hydrogens (tertiary/aromatic N) is 1. The first-order valence-electron chi connectivity index (χ1n) is 10.9. The van der Waals surface area contributed by atoms with Crippen molar-refractivity contribution in [1.29, 1.82) is 0 Å². The summed E-state index contributed by atoms with van der Waals surface area (Å²) in [5, 5.41) is 3.08. The Balaban J connectivity index is 1.37. The fourth-order valence-electron chi connectivity index (χ4n) is 4.53. The lowest BCUT2D eigenvalue weighted by molar-refractivity contribution is -0.126. The smallest absolute Gasteiger partial charge is 0.243 e. The molecule has 0 bridgehead atoms. The summed E-state index contributed by atoms with van der Waals surface area (Å²) in [6, 6.07) is 15.4. The lowest BCUT2D eigenvalue weighted by Gasteiger charge is -2.31. The van der Waals surface area contributed by atoms with Crippen LogP contribution in [0.25, 0.3) is 0 Å². The largest absolute Gasteiger partial charge is 0.349 e. The maximum Gasteiger partial charge on any atom is 0.243 e. The van der Waals surface area contributed by atoms with Gasteiger partial charge >= 0.3 is 0 Å². The minimum absolute atomic E-state index is 0.0113. The summed E-state index contributed by atoms with van der Waals surface area (Å²) in [5.41, 5.74) is 3.52. The van der Waals surface area contributed by atoms with E-state index in [2.05, 4.69) is 5.32 Å². The maximum absolute atomic E-state index is 13.1. The number of benzene rings is 2. The molecule has 0 saturated carbocycles. The molecular formula is C24H30N2O3S. The number of rotatable bonds is 5. The molecule has 1 amide bonds. The number of aryl methyl sites for hydroxylation is 2. The van der Waals surface area contributed by atoms with E-state index in [-0.39, 0.29) is 17.9 Å². The van der Waals surface area contributed by atoms with Crippen LogP contribution in [0.3, 0.4) is 0 Å². The van der Waals surface area contributed by atoms with Crippen LogP contribution < -0.4 is 5.32 Å². The molecule has 6 heteroatoms. The molecule has 1 unspecified atom stereocenters. The highest BCUT2D eigenvalue weighted by molar-refractivity contribution is 7.89. The van der Waals surface area contributed by atoms with Crippen molar-refractivity contribution in [1.82, 2.24) is 9.62 Å². The van der Waals surface area contributed by atoms with Gasteiger partial charge in [-0.15, -0.1) is 0 Å². The molecule has 2 aliphatic rings. The van der Waals surface area contributed by atoms with Gasteiger partial charge in [0, 0.05) is 19.0 Å². The van der Waals surface area contributed by atoms with Crippen LogP contribution >= 0.6 is 0 Å². The van der Waals surface area contributed by atoms with E-state index in [1.54, 1.807) is 10.4 Å². The number of sulfonamides is 1. The summed E-state index contributed by atoms with van der Waals surface area (Å²) < 4.78 is 27.8. The number of nitrogens with one attached hydrogen (secondary N) is 1. The van der Waals surface area contributed by atoms with Gasteiger partial charge in [-0.05, 0) is 74.3 Å². The van der Waals surface area contributed by atoms with E-state index >= 15 is 0 Å². The summed E-state index contributed by atoms with van der Waals surface area (Å²) in [6.07, 6.45) is 5.41. The third-order valence-electron chi connectivity index (χ3n) is 6.44. The number of amides is 1. The fraction of sp³-hybridized carbons (Fsp3) is 0.458. The molecule has 30 heavy (non-hydrogen) atoms. The number of fused-ring (bicyclic) bond motifs is 1. The van der Waals surface area contributed by atoms with E-state index in [0.717, 1.165) is 24.8 Å². The Kier molecular flexibility index (Phi) is 6.25. The van der Waals surface area contributed by atoms with E-state index in [1.807, 2.05) is 49.4 Å². The van der Waals surface area contributed by atoms with Crippen LogP contribution in [0.5, 0.6) is 0 Å². The molecule has 4 rings (SSSR count). The molecule has 5 nitrogen and oxygen atoms in total. The van der Waals surface area contributed by atoms with Crippen LogP contribution in [0.2, 0.25) is 0 Å². The summed E-state index contributed by atoms with van der Waals surface area (Å²) >= 11 is 0. The first kappa shape index (κ1) is 21.1. The molecule has 1 aliphatic carbocycles. The fourth-order valence-corrected chi connectivity index (χ4v) is 6.05. The van der Waals surface area contributed by atoms with E-state index in [0.29, 0.717) is 30.8 Å². The molecular weight excluding hydrogens is 396 g/mol. The lowest BCUT2D eigenvalue weighted by atomic mass is 9.92. The Morgan fingerprint density at radius 3 is 2.37 bits per heavy atom. The van der Waals surface area contributed by atoms with Gasteiger partial charge in [-0.1, -0.05) is 36.4 Å². The van der Waals surface area contributed by atoms with E-state index < -0.39 is 10.0 Å². The van der Waals surface area contributed by atoms with Crippen LogP contribution in [0, 0.1) is 5.92 Å². The Bertz CT molecular complexity index is 996. The Hall–Kier alpha value is -2.18. The predicted molar refractivity (Wildman–Crippen MR) is 118 cm³/mol. The van der Waals surface area contributed by atoms with Crippen molar-refractivity contribution in [2.45, 2.75) is 56.4 Å².